The highest BCUT2D eigenvalue weighted by Crippen LogP contribution is 2.27. The first-order valence-corrected chi connectivity index (χ1v) is 11.5. The summed E-state index contributed by atoms with van der Waals surface area (Å²) in [4.78, 5) is 38.0. The smallest absolute Gasteiger partial charge is 0.272 e. The van der Waals surface area contributed by atoms with Crippen molar-refractivity contribution in [3.63, 3.8) is 0 Å². The fraction of sp³-hybridized carbons (Fsp3) is 0.462. The number of aliphatic hydroxyl groups is 1. The molecule has 2 aromatic heterocycles. The van der Waals surface area contributed by atoms with E-state index in [1.165, 1.54) is 0 Å². The average molecular weight is 465 g/mol. The van der Waals surface area contributed by atoms with Crippen molar-refractivity contribution in [3.05, 3.63) is 53.5 Å². The minimum absolute atomic E-state index is 0.132. The van der Waals surface area contributed by atoms with Crippen LogP contribution in [0.15, 0.2) is 36.7 Å². The molecule has 0 bridgehead atoms. The summed E-state index contributed by atoms with van der Waals surface area (Å²) in [6.45, 7) is 8.21. The Balaban J connectivity index is 1.95. The van der Waals surface area contributed by atoms with Crippen LogP contribution in [0.2, 0.25) is 0 Å². The van der Waals surface area contributed by atoms with E-state index in [0.29, 0.717) is 23.4 Å². The van der Waals surface area contributed by atoms with E-state index in [1.54, 1.807) is 60.4 Å². The largest absolute Gasteiger partial charge is 0.472 e. The van der Waals surface area contributed by atoms with Crippen LogP contribution in [0.3, 0.4) is 0 Å². The van der Waals surface area contributed by atoms with Gasteiger partial charge >= 0.3 is 0 Å². The summed E-state index contributed by atoms with van der Waals surface area (Å²) in [5, 5.41) is 9.79. The van der Waals surface area contributed by atoms with Crippen LogP contribution in [0, 0.1) is 23.7 Å². The first-order chi connectivity index (χ1) is 16.2. The van der Waals surface area contributed by atoms with Gasteiger partial charge in [-0.1, -0.05) is 38.7 Å². The third kappa shape index (κ3) is 5.91. The molecule has 0 aromatic carbocycles. The van der Waals surface area contributed by atoms with Crippen LogP contribution >= 0.6 is 0 Å². The predicted octanol–water partition coefficient (Wildman–Crippen LogP) is 2.48. The molecular formula is C26H32N4O4. The zero-order valence-electron chi connectivity index (χ0n) is 20.4. The summed E-state index contributed by atoms with van der Waals surface area (Å²) in [5.74, 6) is 5.89. The van der Waals surface area contributed by atoms with Crippen LogP contribution in [0.1, 0.15) is 54.1 Å². The van der Waals surface area contributed by atoms with Gasteiger partial charge in [0.2, 0.25) is 5.88 Å². The number of likely N-dealkylation sites (N-methyl/N-ethyl adjacent to an activating group) is 1. The van der Waals surface area contributed by atoms with E-state index in [9.17, 15) is 14.7 Å². The van der Waals surface area contributed by atoms with Gasteiger partial charge in [0, 0.05) is 43.4 Å². The van der Waals surface area contributed by atoms with Gasteiger partial charge in [-0.2, -0.15) is 0 Å². The molecule has 2 aromatic rings. The number of fused-ring (bicyclic) bond motifs is 1. The fourth-order valence-corrected chi connectivity index (χ4v) is 3.65. The number of hydrogen-bond acceptors (Lipinski definition) is 6. The standard InChI is InChI=1S/C26H32N4O4/c1-17(2)9-10-20-12-21-24(28-13-20)34-23(18(3)14-30(25(21)32)19(4)16-31)15-29(5)26(33)22-8-6-7-11-27-22/h6-8,11-13,17-19,23,31H,14-16H2,1-5H3/t18-,19+,23-/m0/s1. The number of aliphatic hydroxyl groups excluding tert-OH is 1. The predicted molar refractivity (Wildman–Crippen MR) is 128 cm³/mol. The van der Waals surface area contributed by atoms with Gasteiger partial charge in [-0.25, -0.2) is 4.98 Å². The van der Waals surface area contributed by atoms with E-state index in [1.807, 2.05) is 20.8 Å². The third-order valence-corrected chi connectivity index (χ3v) is 5.71. The van der Waals surface area contributed by atoms with Crippen LogP contribution < -0.4 is 4.74 Å². The molecule has 3 heterocycles. The number of amides is 2. The molecule has 180 valence electrons. The molecule has 34 heavy (non-hydrogen) atoms. The molecule has 8 heteroatoms. The van der Waals surface area contributed by atoms with E-state index in [2.05, 4.69) is 21.8 Å². The van der Waals surface area contributed by atoms with Crippen molar-refractivity contribution >= 4 is 11.8 Å². The number of carbonyl (C=O) groups excluding carboxylic acids is 2. The summed E-state index contributed by atoms with van der Waals surface area (Å²) >= 11 is 0. The van der Waals surface area contributed by atoms with E-state index in [0.717, 1.165) is 0 Å². The number of aromatic nitrogens is 2. The number of ether oxygens (including phenoxy) is 1. The molecule has 0 unspecified atom stereocenters. The molecule has 0 spiro atoms. The van der Waals surface area contributed by atoms with Crippen molar-refractivity contribution in [3.8, 4) is 17.7 Å². The minimum atomic E-state index is -0.432. The van der Waals surface area contributed by atoms with Gasteiger partial charge in [-0.15, -0.1) is 0 Å². The molecule has 0 saturated heterocycles. The molecule has 1 aliphatic rings. The Morgan fingerprint density at radius 3 is 2.74 bits per heavy atom. The third-order valence-electron chi connectivity index (χ3n) is 5.71. The Kier molecular flexibility index (Phi) is 8.24. The zero-order valence-corrected chi connectivity index (χ0v) is 20.4. The number of nitrogens with zero attached hydrogens (tertiary/aromatic N) is 4. The van der Waals surface area contributed by atoms with E-state index < -0.39 is 6.10 Å². The van der Waals surface area contributed by atoms with Crippen LogP contribution in [-0.2, 0) is 0 Å². The Bertz CT molecular complexity index is 1080. The highest BCUT2D eigenvalue weighted by Gasteiger charge is 2.34. The molecule has 0 radical (unpaired) electrons. The van der Waals surface area contributed by atoms with Crippen LogP contribution in [0.5, 0.6) is 5.88 Å². The van der Waals surface area contributed by atoms with E-state index >= 15 is 0 Å². The summed E-state index contributed by atoms with van der Waals surface area (Å²) in [5.41, 5.74) is 1.26. The van der Waals surface area contributed by atoms with Crippen molar-refractivity contribution in [2.75, 3.05) is 26.7 Å². The number of pyridine rings is 2. The van der Waals surface area contributed by atoms with Gasteiger partial charge in [-0.05, 0) is 25.1 Å². The summed E-state index contributed by atoms with van der Waals surface area (Å²) in [6, 6.07) is 6.49. The van der Waals surface area contributed by atoms with Crippen LogP contribution in [-0.4, -0.2) is 75.6 Å². The number of carbonyl (C=O) groups is 2. The van der Waals surface area contributed by atoms with E-state index in [-0.39, 0.29) is 48.7 Å². The second-order valence-corrected chi connectivity index (χ2v) is 9.02. The maximum absolute atomic E-state index is 13.4. The molecule has 1 aliphatic heterocycles. The van der Waals surface area contributed by atoms with Gasteiger partial charge in [0.25, 0.3) is 11.8 Å². The van der Waals surface area contributed by atoms with Gasteiger partial charge in [0.05, 0.1) is 19.2 Å². The van der Waals surface area contributed by atoms with Gasteiger partial charge < -0.3 is 19.6 Å². The van der Waals surface area contributed by atoms with E-state index in [4.69, 9.17) is 4.74 Å². The average Bonchev–Trinajstić information content (AvgIpc) is 2.84. The van der Waals surface area contributed by atoms with Crippen molar-refractivity contribution in [1.29, 1.82) is 0 Å². The summed E-state index contributed by atoms with van der Waals surface area (Å²) in [6.07, 6.45) is 2.74. The summed E-state index contributed by atoms with van der Waals surface area (Å²) in [7, 11) is 1.70. The Morgan fingerprint density at radius 2 is 2.09 bits per heavy atom. The molecule has 0 fully saturated rings. The first-order valence-electron chi connectivity index (χ1n) is 11.5. The lowest BCUT2D eigenvalue weighted by Gasteiger charge is -2.37. The van der Waals surface area contributed by atoms with Gasteiger partial charge in [-0.3, -0.25) is 14.6 Å². The molecule has 3 atom stereocenters. The first kappa shape index (κ1) is 25.2. The van der Waals surface area contributed by atoms with Crippen LogP contribution in [0.4, 0.5) is 0 Å². The SMILES string of the molecule is CC(C)C#Cc1cnc2c(c1)C(=O)N([C@H](C)CO)C[C@H](C)[C@H](CN(C)C(=O)c1ccccn1)O2. The maximum Gasteiger partial charge on any atom is 0.272 e. The van der Waals surface area contributed by atoms with Crippen molar-refractivity contribution < 1.29 is 19.4 Å². The molecule has 1 N–H and O–H groups in total. The molecule has 3 rings (SSSR count). The molecular weight excluding hydrogens is 432 g/mol. The van der Waals surface area contributed by atoms with Gasteiger partial charge in [0.1, 0.15) is 17.4 Å². The second kappa shape index (κ2) is 11.1. The molecule has 0 aliphatic carbocycles. The lowest BCUT2D eigenvalue weighted by Crippen LogP contribution is -2.50. The topological polar surface area (TPSA) is 95.9 Å². The van der Waals surface area contributed by atoms with Crippen molar-refractivity contribution in [1.82, 2.24) is 19.8 Å². The lowest BCUT2D eigenvalue weighted by atomic mass is 9.99. The quantitative estimate of drug-likeness (QED) is 0.683. The minimum Gasteiger partial charge on any atom is -0.472 e. The number of hydrogen-bond donors (Lipinski definition) is 1. The Morgan fingerprint density at radius 1 is 1.32 bits per heavy atom. The normalized spacial score (nSPS) is 18.7. The molecule has 0 saturated carbocycles. The Hall–Kier alpha value is -3.44. The highest BCUT2D eigenvalue weighted by molar-refractivity contribution is 5.97. The fourth-order valence-electron chi connectivity index (χ4n) is 3.65. The van der Waals surface area contributed by atoms with Crippen LogP contribution in [0.25, 0.3) is 0 Å². The Labute approximate surface area is 201 Å². The monoisotopic (exact) mass is 464 g/mol. The molecule has 2 amide bonds. The van der Waals surface area contributed by atoms with Crippen molar-refractivity contribution in [2.24, 2.45) is 11.8 Å². The number of rotatable bonds is 5. The van der Waals surface area contributed by atoms with Crippen molar-refractivity contribution in [2.45, 2.75) is 39.8 Å². The maximum atomic E-state index is 13.4. The van der Waals surface area contributed by atoms with Gasteiger partial charge in [0.15, 0.2) is 0 Å². The lowest BCUT2D eigenvalue weighted by molar-refractivity contribution is 0.0312. The summed E-state index contributed by atoms with van der Waals surface area (Å²) < 4.78 is 6.24. The molecule has 8 nitrogen and oxygen atoms in total. The zero-order chi connectivity index (χ0) is 24.8. The highest BCUT2D eigenvalue weighted by atomic mass is 16.5. The second-order valence-electron chi connectivity index (χ2n) is 9.02.